The number of esters is 1. The second-order valence-corrected chi connectivity index (χ2v) is 8.26. The van der Waals surface area contributed by atoms with Gasteiger partial charge in [-0.15, -0.1) is 0 Å². The lowest BCUT2D eigenvalue weighted by Gasteiger charge is -2.39. The standard InChI is InChI=1S/C25H25N5O5/c1-4-35-25(32)18-5-8-21(26-13-18)17-6-9-23-20(12-17)22(11-15(2)29(23)16(3)31)28-24-10-7-19(14-27-24)30(33)34/h5-10,12-15,22H,4,11H2,1-3H3,(H,27,28)/t15-,22+/m0/s1. The minimum atomic E-state index is -0.494. The van der Waals surface area contributed by atoms with Crippen LogP contribution in [0.25, 0.3) is 11.3 Å². The van der Waals surface area contributed by atoms with E-state index in [1.807, 2.05) is 25.1 Å². The van der Waals surface area contributed by atoms with Gasteiger partial charge in [0.1, 0.15) is 12.0 Å². The van der Waals surface area contributed by atoms with Crippen molar-refractivity contribution < 1.29 is 19.2 Å². The Balaban J connectivity index is 1.69. The van der Waals surface area contributed by atoms with Gasteiger partial charge in [0.05, 0.1) is 28.8 Å². The lowest BCUT2D eigenvalue weighted by Crippen LogP contribution is -2.43. The zero-order chi connectivity index (χ0) is 25.1. The number of fused-ring (bicyclic) bond motifs is 1. The van der Waals surface area contributed by atoms with Gasteiger partial charge in [-0.1, -0.05) is 6.07 Å². The Kier molecular flexibility index (Phi) is 6.72. The van der Waals surface area contributed by atoms with E-state index >= 15 is 0 Å². The first-order chi connectivity index (χ1) is 16.8. The van der Waals surface area contributed by atoms with Crippen LogP contribution in [0.15, 0.2) is 54.9 Å². The molecule has 10 nitrogen and oxygen atoms in total. The number of ether oxygens (including phenoxy) is 1. The average molecular weight is 476 g/mol. The van der Waals surface area contributed by atoms with E-state index in [2.05, 4.69) is 15.3 Å². The van der Waals surface area contributed by atoms with Crippen LogP contribution in [-0.2, 0) is 9.53 Å². The molecule has 0 saturated carbocycles. The minimum Gasteiger partial charge on any atom is -0.462 e. The summed E-state index contributed by atoms with van der Waals surface area (Å²) in [4.78, 5) is 45.2. The summed E-state index contributed by atoms with van der Waals surface area (Å²) in [5, 5.41) is 14.3. The molecule has 0 saturated heterocycles. The summed E-state index contributed by atoms with van der Waals surface area (Å²) in [6.07, 6.45) is 3.31. The van der Waals surface area contributed by atoms with E-state index in [1.54, 1.807) is 30.0 Å². The molecule has 1 aliphatic rings. The Labute approximate surface area is 202 Å². The maximum atomic E-state index is 12.4. The number of amides is 1. The van der Waals surface area contributed by atoms with E-state index in [0.29, 0.717) is 23.5 Å². The monoisotopic (exact) mass is 475 g/mol. The van der Waals surface area contributed by atoms with Gasteiger partial charge in [-0.2, -0.15) is 0 Å². The van der Waals surface area contributed by atoms with Gasteiger partial charge >= 0.3 is 5.97 Å². The van der Waals surface area contributed by atoms with E-state index in [1.165, 1.54) is 25.4 Å². The number of hydrogen-bond acceptors (Lipinski definition) is 8. The fourth-order valence-corrected chi connectivity index (χ4v) is 4.30. The van der Waals surface area contributed by atoms with Crippen molar-refractivity contribution in [3.63, 3.8) is 0 Å². The van der Waals surface area contributed by atoms with Gasteiger partial charge in [0, 0.05) is 36.5 Å². The second-order valence-electron chi connectivity index (χ2n) is 8.26. The molecule has 2 aromatic heterocycles. The van der Waals surface area contributed by atoms with Crippen molar-refractivity contribution in [3.05, 3.63) is 76.1 Å². The highest BCUT2D eigenvalue weighted by molar-refractivity contribution is 5.94. The Morgan fingerprint density at radius 3 is 2.57 bits per heavy atom. The largest absolute Gasteiger partial charge is 0.462 e. The molecule has 1 aromatic carbocycles. The molecule has 0 bridgehead atoms. The molecule has 3 heterocycles. The molecule has 10 heteroatoms. The van der Waals surface area contributed by atoms with E-state index in [0.717, 1.165) is 16.8 Å². The molecular formula is C25H25N5O5. The van der Waals surface area contributed by atoms with Crippen LogP contribution in [-0.4, -0.2) is 39.4 Å². The van der Waals surface area contributed by atoms with Crippen LogP contribution in [0, 0.1) is 10.1 Å². The molecule has 0 radical (unpaired) electrons. The average Bonchev–Trinajstić information content (AvgIpc) is 2.84. The number of nitrogens with one attached hydrogen (secondary N) is 1. The summed E-state index contributed by atoms with van der Waals surface area (Å²) in [7, 11) is 0. The predicted octanol–water partition coefficient (Wildman–Crippen LogP) is 4.53. The molecule has 180 valence electrons. The van der Waals surface area contributed by atoms with Crippen molar-refractivity contribution >= 4 is 29.1 Å². The van der Waals surface area contributed by atoms with Crippen molar-refractivity contribution in [2.75, 3.05) is 16.8 Å². The van der Waals surface area contributed by atoms with Crippen LogP contribution in [0.5, 0.6) is 0 Å². The SMILES string of the molecule is CCOC(=O)c1ccc(-c2ccc3c(c2)[C@H](Nc2ccc([N+](=O)[O-])cn2)C[C@H](C)N3C(C)=O)nc1. The minimum absolute atomic E-state index is 0.0599. The highest BCUT2D eigenvalue weighted by Gasteiger charge is 2.33. The quantitative estimate of drug-likeness (QED) is 0.313. The van der Waals surface area contributed by atoms with Gasteiger partial charge in [-0.3, -0.25) is 19.9 Å². The third-order valence-electron chi connectivity index (χ3n) is 5.87. The molecule has 1 aliphatic heterocycles. The molecule has 1 N–H and O–H groups in total. The van der Waals surface area contributed by atoms with Gasteiger partial charge in [0.15, 0.2) is 0 Å². The first kappa shape index (κ1) is 23.8. The molecule has 0 unspecified atom stereocenters. The summed E-state index contributed by atoms with van der Waals surface area (Å²) in [6, 6.07) is 11.9. The van der Waals surface area contributed by atoms with E-state index < -0.39 is 10.9 Å². The number of aromatic nitrogens is 2. The highest BCUT2D eigenvalue weighted by Crippen LogP contribution is 2.40. The first-order valence-electron chi connectivity index (χ1n) is 11.2. The number of carbonyl (C=O) groups is 2. The number of benzene rings is 1. The molecule has 0 aliphatic carbocycles. The number of nitro groups is 1. The Bertz CT molecular complexity index is 1260. The summed E-state index contributed by atoms with van der Waals surface area (Å²) in [5.74, 6) is 0.00982. The van der Waals surface area contributed by atoms with Crippen LogP contribution >= 0.6 is 0 Å². The number of nitrogens with zero attached hydrogens (tertiary/aromatic N) is 4. The molecule has 3 aromatic rings. The molecule has 1 amide bonds. The third kappa shape index (κ3) is 4.96. The Morgan fingerprint density at radius 1 is 1.17 bits per heavy atom. The maximum Gasteiger partial charge on any atom is 0.339 e. The Morgan fingerprint density at radius 2 is 1.97 bits per heavy atom. The van der Waals surface area contributed by atoms with Crippen LogP contribution in [0.2, 0.25) is 0 Å². The molecular weight excluding hydrogens is 450 g/mol. The molecule has 2 atom stereocenters. The van der Waals surface area contributed by atoms with E-state index in [-0.39, 0.29) is 30.3 Å². The zero-order valence-corrected chi connectivity index (χ0v) is 19.6. The van der Waals surface area contributed by atoms with Crippen molar-refractivity contribution in [1.82, 2.24) is 9.97 Å². The fourth-order valence-electron chi connectivity index (χ4n) is 4.30. The maximum absolute atomic E-state index is 12.4. The predicted molar refractivity (Wildman–Crippen MR) is 130 cm³/mol. The molecule has 0 spiro atoms. The van der Waals surface area contributed by atoms with Crippen molar-refractivity contribution in [1.29, 1.82) is 0 Å². The van der Waals surface area contributed by atoms with Crippen LogP contribution < -0.4 is 10.2 Å². The van der Waals surface area contributed by atoms with Gasteiger partial charge in [0.2, 0.25) is 5.91 Å². The number of pyridine rings is 2. The van der Waals surface area contributed by atoms with E-state index in [9.17, 15) is 19.7 Å². The van der Waals surface area contributed by atoms with Gasteiger partial charge < -0.3 is 15.0 Å². The van der Waals surface area contributed by atoms with Crippen molar-refractivity contribution in [3.8, 4) is 11.3 Å². The Hall–Kier alpha value is -4.34. The first-order valence-corrected chi connectivity index (χ1v) is 11.2. The number of hydrogen-bond donors (Lipinski definition) is 1. The summed E-state index contributed by atoms with van der Waals surface area (Å²) < 4.78 is 5.02. The number of anilines is 2. The highest BCUT2D eigenvalue weighted by atomic mass is 16.6. The van der Waals surface area contributed by atoms with Crippen molar-refractivity contribution in [2.45, 2.75) is 39.3 Å². The topological polar surface area (TPSA) is 128 Å². The zero-order valence-electron chi connectivity index (χ0n) is 19.6. The van der Waals surface area contributed by atoms with Crippen molar-refractivity contribution in [2.24, 2.45) is 0 Å². The fraction of sp³-hybridized carbons (Fsp3) is 0.280. The van der Waals surface area contributed by atoms with Crippen LogP contribution in [0.1, 0.15) is 49.2 Å². The smallest absolute Gasteiger partial charge is 0.339 e. The number of rotatable bonds is 6. The molecule has 4 rings (SSSR count). The number of carbonyl (C=O) groups excluding carboxylic acids is 2. The van der Waals surface area contributed by atoms with Gasteiger partial charge in [-0.05, 0) is 56.2 Å². The summed E-state index contributed by atoms with van der Waals surface area (Å²) >= 11 is 0. The van der Waals surface area contributed by atoms with Gasteiger partial charge in [0.25, 0.3) is 5.69 Å². The third-order valence-corrected chi connectivity index (χ3v) is 5.87. The lowest BCUT2D eigenvalue weighted by molar-refractivity contribution is -0.385. The van der Waals surface area contributed by atoms with E-state index in [4.69, 9.17) is 4.74 Å². The summed E-state index contributed by atoms with van der Waals surface area (Å²) in [6.45, 7) is 5.55. The molecule has 35 heavy (non-hydrogen) atoms. The second kappa shape index (κ2) is 9.88. The van der Waals surface area contributed by atoms with Gasteiger partial charge in [-0.25, -0.2) is 9.78 Å². The van der Waals surface area contributed by atoms with Crippen LogP contribution in [0.4, 0.5) is 17.2 Å². The lowest BCUT2D eigenvalue weighted by atomic mass is 9.89. The molecule has 0 fully saturated rings. The van der Waals surface area contributed by atoms with Crippen LogP contribution in [0.3, 0.4) is 0 Å². The normalized spacial score (nSPS) is 16.8. The summed E-state index contributed by atoms with van der Waals surface area (Å²) in [5.41, 5.74) is 3.43.